The fourth-order valence-electron chi connectivity index (χ4n) is 2.10. The van der Waals surface area contributed by atoms with Crippen molar-refractivity contribution in [3.63, 3.8) is 0 Å². The highest BCUT2D eigenvalue weighted by Gasteiger charge is 2.44. The molecule has 0 aromatic heterocycles. The van der Waals surface area contributed by atoms with Gasteiger partial charge in [-0.15, -0.1) is 0 Å². The first kappa shape index (κ1) is 15.7. The third kappa shape index (κ3) is 2.98. The van der Waals surface area contributed by atoms with Crippen LogP contribution in [0.2, 0.25) is 0 Å². The van der Waals surface area contributed by atoms with Crippen molar-refractivity contribution in [2.24, 2.45) is 5.41 Å². The predicted molar refractivity (Wildman–Crippen MR) is 79.6 cm³/mol. The number of benzene rings is 1. The first-order valence-corrected chi connectivity index (χ1v) is 6.69. The third-order valence-corrected chi connectivity index (χ3v) is 3.58. The molecule has 1 saturated heterocycles. The molecule has 116 valence electrons. The van der Waals surface area contributed by atoms with Gasteiger partial charge in [0.1, 0.15) is 11.2 Å². The number of carbonyl (C=O) groups is 3. The number of amides is 3. The monoisotopic (exact) mass is 305 g/mol. The van der Waals surface area contributed by atoms with Crippen LogP contribution in [0.4, 0.5) is 15.8 Å². The second-order valence-electron chi connectivity index (χ2n) is 5.18. The molecule has 1 fully saturated rings. The van der Waals surface area contributed by atoms with Crippen LogP contribution in [-0.2, 0) is 14.4 Å². The van der Waals surface area contributed by atoms with Gasteiger partial charge in [-0.25, -0.2) is 4.39 Å². The van der Waals surface area contributed by atoms with Gasteiger partial charge < -0.3 is 16.0 Å². The van der Waals surface area contributed by atoms with Gasteiger partial charge in [-0.05, 0) is 37.6 Å². The average molecular weight is 305 g/mol. The van der Waals surface area contributed by atoms with Gasteiger partial charge >= 0.3 is 0 Å². The Balaban J connectivity index is 2.18. The van der Waals surface area contributed by atoms with E-state index < -0.39 is 23.0 Å². The van der Waals surface area contributed by atoms with Crippen LogP contribution < -0.4 is 16.0 Å². The lowest BCUT2D eigenvalue weighted by Crippen LogP contribution is -2.39. The Morgan fingerprint density at radius 1 is 1.41 bits per heavy atom. The average Bonchev–Trinajstić information content (AvgIpc) is 2.83. The lowest BCUT2D eigenvalue weighted by atomic mass is 9.88. The van der Waals surface area contributed by atoms with Gasteiger partial charge in [-0.2, -0.15) is 0 Å². The van der Waals surface area contributed by atoms with Crippen LogP contribution in [0, 0.1) is 11.2 Å². The Bertz CT molecular complexity index is 659. The number of hydrogen-bond donors (Lipinski definition) is 3. The summed E-state index contributed by atoms with van der Waals surface area (Å²) in [5.41, 5.74) is -0.950. The van der Waals surface area contributed by atoms with Crippen LogP contribution in [-0.4, -0.2) is 24.3 Å². The van der Waals surface area contributed by atoms with E-state index in [9.17, 15) is 18.8 Å². The zero-order valence-corrected chi connectivity index (χ0v) is 12.0. The normalized spacial score (nSPS) is 20.2. The largest absolute Gasteiger partial charge is 0.355 e. The number of rotatable bonds is 4. The minimum absolute atomic E-state index is 0.0799. The van der Waals surface area contributed by atoms with E-state index in [0.29, 0.717) is 13.0 Å². The van der Waals surface area contributed by atoms with Crippen molar-refractivity contribution in [3.05, 3.63) is 36.7 Å². The maximum absolute atomic E-state index is 13.6. The van der Waals surface area contributed by atoms with Gasteiger partial charge in [-0.3, -0.25) is 14.4 Å². The van der Waals surface area contributed by atoms with Crippen molar-refractivity contribution in [1.29, 1.82) is 0 Å². The van der Waals surface area contributed by atoms with Crippen LogP contribution in [0.15, 0.2) is 30.9 Å². The Labute approximate surface area is 126 Å². The second-order valence-corrected chi connectivity index (χ2v) is 5.18. The molecule has 1 atom stereocenters. The molecular weight excluding hydrogens is 289 g/mol. The molecular formula is C15H16FN3O3. The maximum atomic E-state index is 13.6. The van der Waals surface area contributed by atoms with Gasteiger partial charge in [0.15, 0.2) is 0 Å². The smallest absolute Gasteiger partial charge is 0.247 e. The molecule has 1 unspecified atom stereocenters. The minimum Gasteiger partial charge on any atom is -0.355 e. The van der Waals surface area contributed by atoms with E-state index in [0.717, 1.165) is 12.1 Å². The van der Waals surface area contributed by atoms with Gasteiger partial charge in [0.2, 0.25) is 17.7 Å². The van der Waals surface area contributed by atoms with Gasteiger partial charge in [0, 0.05) is 12.2 Å². The molecule has 1 aliphatic heterocycles. The minimum atomic E-state index is -1.15. The maximum Gasteiger partial charge on any atom is 0.247 e. The molecule has 0 saturated carbocycles. The quantitative estimate of drug-likeness (QED) is 0.580. The lowest BCUT2D eigenvalue weighted by molar-refractivity contribution is -0.136. The molecule has 0 aliphatic carbocycles. The van der Waals surface area contributed by atoms with Crippen LogP contribution >= 0.6 is 0 Å². The van der Waals surface area contributed by atoms with Crippen molar-refractivity contribution in [3.8, 4) is 0 Å². The van der Waals surface area contributed by atoms with Gasteiger partial charge in [0.05, 0.1) is 5.69 Å². The first-order chi connectivity index (χ1) is 10.4. The highest BCUT2D eigenvalue weighted by molar-refractivity contribution is 6.11. The van der Waals surface area contributed by atoms with E-state index in [1.54, 1.807) is 6.92 Å². The van der Waals surface area contributed by atoms with E-state index in [1.807, 2.05) is 0 Å². The molecule has 7 heteroatoms. The Kier molecular flexibility index (Phi) is 4.25. The Morgan fingerprint density at radius 3 is 2.73 bits per heavy atom. The molecule has 6 nitrogen and oxygen atoms in total. The molecule has 1 aromatic rings. The fourth-order valence-corrected chi connectivity index (χ4v) is 2.10. The van der Waals surface area contributed by atoms with E-state index in [4.69, 9.17) is 0 Å². The number of anilines is 2. The van der Waals surface area contributed by atoms with Crippen molar-refractivity contribution >= 4 is 29.1 Å². The Morgan fingerprint density at radius 2 is 2.14 bits per heavy atom. The summed E-state index contributed by atoms with van der Waals surface area (Å²) in [6, 6.07) is 3.75. The number of hydrogen-bond acceptors (Lipinski definition) is 3. The summed E-state index contributed by atoms with van der Waals surface area (Å²) in [6.45, 7) is 5.27. The highest BCUT2D eigenvalue weighted by Crippen LogP contribution is 2.28. The van der Waals surface area contributed by atoms with Crippen molar-refractivity contribution in [2.45, 2.75) is 13.3 Å². The molecule has 1 aliphatic rings. The summed E-state index contributed by atoms with van der Waals surface area (Å²) in [6.07, 6.45) is 1.40. The van der Waals surface area contributed by atoms with E-state index in [2.05, 4.69) is 22.5 Å². The predicted octanol–water partition coefficient (Wildman–Crippen LogP) is 1.41. The fraction of sp³-hybridized carbons (Fsp3) is 0.267. The number of halogens is 1. The molecule has 3 N–H and O–H groups in total. The van der Waals surface area contributed by atoms with Crippen LogP contribution in [0.5, 0.6) is 0 Å². The molecule has 1 heterocycles. The van der Waals surface area contributed by atoms with E-state index in [-0.39, 0.29) is 17.3 Å². The van der Waals surface area contributed by atoms with E-state index in [1.165, 1.54) is 12.1 Å². The summed E-state index contributed by atoms with van der Waals surface area (Å²) < 4.78 is 13.6. The van der Waals surface area contributed by atoms with Crippen molar-refractivity contribution < 1.29 is 18.8 Å². The molecule has 2 rings (SSSR count). The first-order valence-electron chi connectivity index (χ1n) is 6.69. The lowest BCUT2D eigenvalue weighted by Gasteiger charge is -2.19. The summed E-state index contributed by atoms with van der Waals surface area (Å²) >= 11 is 0. The third-order valence-electron chi connectivity index (χ3n) is 3.58. The SMILES string of the molecule is C=CC(=O)Nc1cc(NC(=O)C2(C)CCNC2=O)ccc1F. The van der Waals surface area contributed by atoms with Crippen molar-refractivity contribution in [1.82, 2.24) is 5.32 Å². The summed E-state index contributed by atoms with van der Waals surface area (Å²) in [5, 5.41) is 7.47. The Hall–Kier alpha value is -2.70. The molecule has 1 aromatic carbocycles. The molecule has 0 bridgehead atoms. The highest BCUT2D eigenvalue weighted by atomic mass is 19.1. The summed E-state index contributed by atoms with van der Waals surface area (Å²) in [7, 11) is 0. The van der Waals surface area contributed by atoms with Crippen LogP contribution in [0.1, 0.15) is 13.3 Å². The standard InChI is InChI=1S/C15H16FN3O3/c1-3-12(20)19-11-8-9(4-5-10(11)16)18-14(22)15(2)6-7-17-13(15)21/h3-5,8H,1,6-7H2,2H3,(H,17,21)(H,18,22)(H,19,20). The van der Waals surface area contributed by atoms with Crippen LogP contribution in [0.3, 0.4) is 0 Å². The van der Waals surface area contributed by atoms with Gasteiger partial charge in [-0.1, -0.05) is 6.58 Å². The van der Waals surface area contributed by atoms with Crippen molar-refractivity contribution in [2.75, 3.05) is 17.2 Å². The second kappa shape index (κ2) is 5.97. The number of nitrogens with one attached hydrogen (secondary N) is 3. The van der Waals surface area contributed by atoms with E-state index >= 15 is 0 Å². The molecule has 0 spiro atoms. The summed E-state index contributed by atoms with van der Waals surface area (Å²) in [4.78, 5) is 35.2. The topological polar surface area (TPSA) is 87.3 Å². The summed E-state index contributed by atoms with van der Waals surface area (Å²) in [5.74, 6) is -2.02. The van der Waals surface area contributed by atoms with Crippen LogP contribution in [0.25, 0.3) is 0 Å². The zero-order chi connectivity index (χ0) is 16.3. The zero-order valence-electron chi connectivity index (χ0n) is 12.0. The molecule has 3 amide bonds. The molecule has 22 heavy (non-hydrogen) atoms. The number of carbonyl (C=O) groups excluding carboxylic acids is 3. The van der Waals surface area contributed by atoms with Gasteiger partial charge in [0.25, 0.3) is 0 Å². The molecule has 0 radical (unpaired) electrons.